The molecule has 0 aliphatic heterocycles. The number of nitrogens with zero attached hydrogens (tertiary/aromatic N) is 2. The zero-order chi connectivity index (χ0) is 14.0. The number of benzene rings is 1. The number of aromatic nitrogens is 1. The van der Waals surface area contributed by atoms with Crippen molar-refractivity contribution in [1.29, 1.82) is 0 Å². The van der Waals surface area contributed by atoms with E-state index in [2.05, 4.69) is 4.98 Å². The van der Waals surface area contributed by atoms with E-state index in [-0.39, 0.29) is 11.7 Å². The molecule has 0 radical (unpaired) electrons. The molecular formula is C14H15FN2OS. The van der Waals surface area contributed by atoms with E-state index in [1.165, 1.54) is 23.5 Å². The summed E-state index contributed by atoms with van der Waals surface area (Å²) in [6, 6.07) is 6.13. The van der Waals surface area contributed by atoms with Gasteiger partial charge in [-0.3, -0.25) is 4.79 Å². The molecular weight excluding hydrogens is 263 g/mol. The zero-order valence-electron chi connectivity index (χ0n) is 11.1. The van der Waals surface area contributed by atoms with Gasteiger partial charge in [-0.05, 0) is 38.1 Å². The Morgan fingerprint density at radius 1 is 1.37 bits per heavy atom. The van der Waals surface area contributed by atoms with Gasteiger partial charge in [-0.2, -0.15) is 0 Å². The van der Waals surface area contributed by atoms with E-state index >= 15 is 0 Å². The lowest BCUT2D eigenvalue weighted by Crippen LogP contribution is -2.25. The van der Waals surface area contributed by atoms with Crippen LogP contribution in [0.15, 0.2) is 24.3 Å². The maximum atomic E-state index is 12.9. The van der Waals surface area contributed by atoms with Crippen LogP contribution in [0.2, 0.25) is 0 Å². The largest absolute Gasteiger partial charge is 0.341 e. The van der Waals surface area contributed by atoms with E-state index in [0.717, 1.165) is 16.3 Å². The average Bonchev–Trinajstić information content (AvgIpc) is 2.80. The molecule has 0 fully saturated rings. The molecule has 2 rings (SSSR count). The van der Waals surface area contributed by atoms with Gasteiger partial charge in [0.1, 0.15) is 15.7 Å². The summed E-state index contributed by atoms with van der Waals surface area (Å²) in [5.41, 5.74) is 1.54. The number of hydrogen-bond acceptors (Lipinski definition) is 3. The molecule has 1 aromatic heterocycles. The summed E-state index contributed by atoms with van der Waals surface area (Å²) in [4.78, 5) is 18.8. The fourth-order valence-electron chi connectivity index (χ4n) is 1.63. The van der Waals surface area contributed by atoms with Gasteiger partial charge in [0.25, 0.3) is 5.91 Å². The first kappa shape index (κ1) is 13.7. The normalized spacial score (nSPS) is 10.5. The topological polar surface area (TPSA) is 33.2 Å². The second kappa shape index (κ2) is 5.48. The van der Waals surface area contributed by atoms with Crippen molar-refractivity contribution in [3.8, 4) is 10.6 Å². The van der Waals surface area contributed by atoms with Crippen molar-refractivity contribution in [3.63, 3.8) is 0 Å². The van der Waals surface area contributed by atoms with Crippen LogP contribution < -0.4 is 0 Å². The fourth-order valence-corrected chi connectivity index (χ4v) is 2.69. The van der Waals surface area contributed by atoms with Crippen molar-refractivity contribution < 1.29 is 9.18 Å². The highest BCUT2D eigenvalue weighted by Gasteiger charge is 2.18. The molecule has 0 aliphatic carbocycles. The molecule has 100 valence electrons. The minimum Gasteiger partial charge on any atom is -0.341 e. The number of hydrogen-bond donors (Lipinski definition) is 0. The quantitative estimate of drug-likeness (QED) is 0.862. The molecule has 0 spiro atoms. The average molecular weight is 278 g/mol. The van der Waals surface area contributed by atoms with Crippen LogP contribution >= 0.6 is 11.3 Å². The summed E-state index contributed by atoms with van der Waals surface area (Å²) < 4.78 is 12.9. The Morgan fingerprint density at radius 2 is 2.00 bits per heavy atom. The van der Waals surface area contributed by atoms with Crippen LogP contribution in [-0.4, -0.2) is 29.4 Å². The van der Waals surface area contributed by atoms with E-state index in [1.54, 1.807) is 24.1 Å². The molecule has 0 atom stereocenters. The monoisotopic (exact) mass is 278 g/mol. The first-order valence-corrected chi connectivity index (χ1v) is 6.83. The molecule has 0 N–H and O–H groups in total. The van der Waals surface area contributed by atoms with Crippen LogP contribution in [0.1, 0.15) is 22.3 Å². The minimum atomic E-state index is -0.279. The summed E-state index contributed by atoms with van der Waals surface area (Å²) >= 11 is 1.35. The molecule has 0 aliphatic rings. The maximum Gasteiger partial charge on any atom is 0.265 e. The number of aryl methyl sites for hydroxylation is 1. The van der Waals surface area contributed by atoms with Crippen LogP contribution in [-0.2, 0) is 0 Å². The highest BCUT2D eigenvalue weighted by molar-refractivity contribution is 7.17. The number of amides is 1. The van der Waals surface area contributed by atoms with E-state index in [1.807, 2.05) is 13.8 Å². The van der Waals surface area contributed by atoms with Gasteiger partial charge in [0.2, 0.25) is 0 Å². The number of rotatable bonds is 3. The molecule has 0 bridgehead atoms. The summed E-state index contributed by atoms with van der Waals surface area (Å²) in [7, 11) is 1.76. The number of halogens is 1. The molecule has 19 heavy (non-hydrogen) atoms. The molecule has 5 heteroatoms. The molecule has 0 unspecified atom stereocenters. The lowest BCUT2D eigenvalue weighted by atomic mass is 10.2. The van der Waals surface area contributed by atoms with E-state index in [0.29, 0.717) is 11.4 Å². The third kappa shape index (κ3) is 2.81. The Bertz CT molecular complexity index is 592. The molecule has 1 heterocycles. The molecule has 3 nitrogen and oxygen atoms in total. The van der Waals surface area contributed by atoms with Crippen molar-refractivity contribution in [2.45, 2.75) is 13.8 Å². The molecule has 0 saturated carbocycles. The number of thiazole rings is 1. The van der Waals surface area contributed by atoms with Crippen LogP contribution in [0.3, 0.4) is 0 Å². The Balaban J connectivity index is 2.36. The molecule has 0 saturated heterocycles. The molecule has 1 aromatic carbocycles. The lowest BCUT2D eigenvalue weighted by molar-refractivity contribution is 0.0806. The Kier molecular flexibility index (Phi) is 3.95. The van der Waals surface area contributed by atoms with Crippen LogP contribution in [0, 0.1) is 12.7 Å². The summed E-state index contributed by atoms with van der Waals surface area (Å²) in [6.45, 7) is 4.40. The summed E-state index contributed by atoms with van der Waals surface area (Å²) in [5.74, 6) is -0.301. The molecule has 1 amide bonds. The van der Waals surface area contributed by atoms with Gasteiger partial charge in [0.05, 0.1) is 5.69 Å². The van der Waals surface area contributed by atoms with Gasteiger partial charge in [-0.25, -0.2) is 9.37 Å². The van der Waals surface area contributed by atoms with Crippen LogP contribution in [0.4, 0.5) is 4.39 Å². The van der Waals surface area contributed by atoms with Gasteiger partial charge in [0.15, 0.2) is 0 Å². The van der Waals surface area contributed by atoms with E-state index in [4.69, 9.17) is 0 Å². The second-order valence-corrected chi connectivity index (χ2v) is 5.26. The lowest BCUT2D eigenvalue weighted by Gasteiger charge is -2.12. The van der Waals surface area contributed by atoms with E-state index < -0.39 is 0 Å². The van der Waals surface area contributed by atoms with Gasteiger partial charge >= 0.3 is 0 Å². The van der Waals surface area contributed by atoms with E-state index in [9.17, 15) is 9.18 Å². The first-order valence-electron chi connectivity index (χ1n) is 6.01. The van der Waals surface area contributed by atoms with Crippen molar-refractivity contribution >= 4 is 17.2 Å². The van der Waals surface area contributed by atoms with Crippen molar-refractivity contribution in [2.24, 2.45) is 0 Å². The van der Waals surface area contributed by atoms with Crippen molar-refractivity contribution in [2.75, 3.05) is 13.6 Å². The van der Waals surface area contributed by atoms with Gasteiger partial charge in [0, 0.05) is 19.2 Å². The maximum absolute atomic E-state index is 12.9. The molecule has 2 aromatic rings. The highest BCUT2D eigenvalue weighted by atomic mass is 32.1. The Hall–Kier alpha value is -1.75. The summed E-state index contributed by atoms with van der Waals surface area (Å²) in [6.07, 6.45) is 0. The predicted octanol–water partition coefficient (Wildman–Crippen LogP) is 3.35. The standard InChI is InChI=1S/C14H15FN2OS/c1-4-17(3)14(18)12-9(2)16-13(19-12)10-5-7-11(15)8-6-10/h5-8H,4H2,1-3H3. The predicted molar refractivity (Wildman–Crippen MR) is 74.9 cm³/mol. The SMILES string of the molecule is CCN(C)C(=O)c1sc(-c2ccc(F)cc2)nc1C. The van der Waals surface area contributed by atoms with Gasteiger partial charge < -0.3 is 4.90 Å². The Labute approximate surface area is 115 Å². The second-order valence-electron chi connectivity index (χ2n) is 4.26. The van der Waals surface area contributed by atoms with Crippen molar-refractivity contribution in [1.82, 2.24) is 9.88 Å². The third-order valence-electron chi connectivity index (χ3n) is 2.90. The first-order chi connectivity index (χ1) is 9.02. The van der Waals surface area contributed by atoms with Crippen LogP contribution in [0.5, 0.6) is 0 Å². The van der Waals surface area contributed by atoms with Crippen molar-refractivity contribution in [3.05, 3.63) is 40.7 Å². The third-order valence-corrected chi connectivity index (χ3v) is 4.10. The van der Waals surface area contributed by atoms with Gasteiger partial charge in [-0.15, -0.1) is 11.3 Å². The fraction of sp³-hybridized carbons (Fsp3) is 0.286. The summed E-state index contributed by atoms with van der Waals surface area (Å²) in [5, 5.41) is 0.741. The highest BCUT2D eigenvalue weighted by Crippen LogP contribution is 2.28. The minimum absolute atomic E-state index is 0.0224. The number of carbonyl (C=O) groups is 1. The van der Waals surface area contributed by atoms with Gasteiger partial charge in [-0.1, -0.05) is 0 Å². The zero-order valence-corrected chi connectivity index (χ0v) is 11.9. The smallest absolute Gasteiger partial charge is 0.265 e. The Morgan fingerprint density at radius 3 is 2.58 bits per heavy atom. The van der Waals surface area contributed by atoms with Crippen LogP contribution in [0.25, 0.3) is 10.6 Å². The number of carbonyl (C=O) groups excluding carboxylic acids is 1.